The number of aryl methyl sites for hydroxylation is 1. The number of likely N-dealkylation sites (tertiary alicyclic amines) is 1. The van der Waals surface area contributed by atoms with Crippen LogP contribution in [0.4, 0.5) is 0 Å². The molecule has 2 atom stereocenters. The molecule has 8 heteroatoms. The van der Waals surface area contributed by atoms with Crippen molar-refractivity contribution in [3.05, 3.63) is 42.1 Å². The van der Waals surface area contributed by atoms with Crippen LogP contribution in [0.25, 0.3) is 0 Å². The molecule has 29 heavy (non-hydrogen) atoms. The van der Waals surface area contributed by atoms with Gasteiger partial charge in [-0.2, -0.15) is 5.10 Å². The largest absolute Gasteiger partial charge is 0.469 e. The molecule has 1 fully saturated rings. The molecule has 0 aromatic carbocycles. The zero-order valence-electron chi connectivity index (χ0n) is 17.8. The third kappa shape index (κ3) is 6.08. The number of furan rings is 1. The average molecular weight is 403 g/mol. The van der Waals surface area contributed by atoms with Crippen molar-refractivity contribution in [3.8, 4) is 0 Å². The molecule has 1 saturated heterocycles. The van der Waals surface area contributed by atoms with Gasteiger partial charge in [0, 0.05) is 44.4 Å². The summed E-state index contributed by atoms with van der Waals surface area (Å²) in [5.74, 6) is 1.65. The molecular weight excluding hydrogens is 368 g/mol. The first kappa shape index (κ1) is 21.4. The Bertz CT molecular complexity index is 768. The van der Waals surface area contributed by atoms with Crippen LogP contribution in [0.3, 0.4) is 0 Å². The summed E-state index contributed by atoms with van der Waals surface area (Å²) in [6, 6.07) is 4.39. The fourth-order valence-corrected chi connectivity index (χ4v) is 3.71. The van der Waals surface area contributed by atoms with E-state index in [1.807, 2.05) is 25.4 Å². The predicted molar refractivity (Wildman–Crippen MR) is 114 cm³/mol. The van der Waals surface area contributed by atoms with E-state index in [9.17, 15) is 5.11 Å². The lowest BCUT2D eigenvalue weighted by molar-refractivity contribution is 0.0671. The molecule has 0 bridgehead atoms. The fraction of sp³-hybridized carbons (Fsp3) is 0.619. The average Bonchev–Trinajstić information content (AvgIpc) is 3.45. The monoisotopic (exact) mass is 402 g/mol. The molecule has 0 radical (unpaired) electrons. The Labute approximate surface area is 173 Å². The summed E-state index contributed by atoms with van der Waals surface area (Å²) in [5, 5.41) is 21.8. The zero-order chi connectivity index (χ0) is 20.7. The summed E-state index contributed by atoms with van der Waals surface area (Å²) in [7, 11) is 1.84. The Morgan fingerprint density at radius 3 is 3.00 bits per heavy atom. The normalized spacial score (nSPS) is 20.0. The molecule has 2 aromatic heterocycles. The minimum absolute atomic E-state index is 0.247. The molecular formula is C21H34N6O2. The number of hydrogen-bond acceptors (Lipinski definition) is 5. The molecule has 3 N–H and O–H groups in total. The highest BCUT2D eigenvalue weighted by Gasteiger charge is 2.25. The molecule has 0 spiro atoms. The fourth-order valence-electron chi connectivity index (χ4n) is 3.71. The van der Waals surface area contributed by atoms with Gasteiger partial charge < -0.3 is 20.2 Å². The van der Waals surface area contributed by atoms with Crippen molar-refractivity contribution >= 4 is 5.96 Å². The molecule has 3 heterocycles. The molecule has 2 aromatic rings. The number of likely N-dealkylation sites (N-methyl/N-ethyl adjacent to an activating group) is 1. The second-order valence-electron chi connectivity index (χ2n) is 7.90. The van der Waals surface area contributed by atoms with Gasteiger partial charge in [0.05, 0.1) is 19.0 Å². The minimum atomic E-state index is -1.08. The quantitative estimate of drug-likeness (QED) is 0.435. The second-order valence-corrected chi connectivity index (χ2v) is 7.90. The predicted octanol–water partition coefficient (Wildman–Crippen LogP) is 1.48. The van der Waals surface area contributed by atoms with Crippen LogP contribution >= 0.6 is 0 Å². The van der Waals surface area contributed by atoms with Gasteiger partial charge in [0.2, 0.25) is 0 Å². The van der Waals surface area contributed by atoms with Crippen molar-refractivity contribution in [2.24, 2.45) is 12.0 Å². The number of rotatable bonds is 9. The van der Waals surface area contributed by atoms with Crippen LogP contribution in [0.2, 0.25) is 0 Å². The molecule has 0 aliphatic carbocycles. The van der Waals surface area contributed by atoms with E-state index in [1.54, 1.807) is 24.1 Å². The summed E-state index contributed by atoms with van der Waals surface area (Å²) >= 11 is 0. The number of nitrogens with zero attached hydrogens (tertiary/aromatic N) is 4. The first-order valence-electron chi connectivity index (χ1n) is 10.5. The molecule has 3 rings (SSSR count). The summed E-state index contributed by atoms with van der Waals surface area (Å²) in [4.78, 5) is 7.17. The summed E-state index contributed by atoms with van der Waals surface area (Å²) < 4.78 is 7.09. The lowest BCUT2D eigenvalue weighted by atomic mass is 10.0. The molecule has 8 nitrogen and oxygen atoms in total. The Morgan fingerprint density at radius 2 is 2.31 bits per heavy atom. The maximum Gasteiger partial charge on any atom is 0.191 e. The highest BCUT2D eigenvalue weighted by Crippen LogP contribution is 2.20. The molecule has 1 aliphatic heterocycles. The van der Waals surface area contributed by atoms with Crippen molar-refractivity contribution in [3.63, 3.8) is 0 Å². The molecule has 160 valence electrons. The number of aliphatic hydroxyl groups is 1. The number of aliphatic imine (C=N–C) groups is 1. The Morgan fingerprint density at radius 1 is 1.45 bits per heavy atom. The van der Waals surface area contributed by atoms with E-state index in [0.29, 0.717) is 18.5 Å². The van der Waals surface area contributed by atoms with Gasteiger partial charge in [-0.3, -0.25) is 9.58 Å². The van der Waals surface area contributed by atoms with E-state index in [4.69, 9.17) is 4.42 Å². The Kier molecular flexibility index (Phi) is 7.33. The van der Waals surface area contributed by atoms with E-state index in [2.05, 4.69) is 32.5 Å². The minimum Gasteiger partial charge on any atom is -0.469 e. The third-order valence-corrected chi connectivity index (χ3v) is 5.53. The van der Waals surface area contributed by atoms with Crippen molar-refractivity contribution < 1.29 is 9.52 Å². The van der Waals surface area contributed by atoms with Gasteiger partial charge in [-0.1, -0.05) is 6.92 Å². The van der Waals surface area contributed by atoms with Crippen LogP contribution in [0, 0.1) is 0 Å². The maximum absolute atomic E-state index is 10.8. The first-order chi connectivity index (χ1) is 14.0. The Balaban J connectivity index is 1.61. The number of hydrogen-bond donors (Lipinski definition) is 3. The SMILES string of the molecule is CCN1CCCC1CNC(=NCC(C)(O)c1cnn(C)c1)NCCc1ccco1. The van der Waals surface area contributed by atoms with Gasteiger partial charge in [-0.05, 0) is 45.0 Å². The van der Waals surface area contributed by atoms with Gasteiger partial charge >= 0.3 is 0 Å². The van der Waals surface area contributed by atoms with Crippen molar-refractivity contribution in [1.82, 2.24) is 25.3 Å². The highest BCUT2D eigenvalue weighted by molar-refractivity contribution is 5.79. The van der Waals surface area contributed by atoms with E-state index in [-0.39, 0.29) is 6.54 Å². The second kappa shape index (κ2) is 9.93. The van der Waals surface area contributed by atoms with Crippen LogP contribution in [0.5, 0.6) is 0 Å². The first-order valence-corrected chi connectivity index (χ1v) is 10.5. The summed E-state index contributed by atoms with van der Waals surface area (Å²) in [6.45, 7) is 8.00. The van der Waals surface area contributed by atoms with Gasteiger partial charge in [-0.15, -0.1) is 0 Å². The van der Waals surface area contributed by atoms with Crippen molar-refractivity contribution in [1.29, 1.82) is 0 Å². The third-order valence-electron chi connectivity index (χ3n) is 5.53. The molecule has 0 saturated carbocycles. The van der Waals surface area contributed by atoms with Gasteiger partial charge in [0.15, 0.2) is 5.96 Å². The van der Waals surface area contributed by atoms with Crippen LogP contribution < -0.4 is 10.6 Å². The van der Waals surface area contributed by atoms with E-state index in [1.165, 1.54) is 12.8 Å². The number of aromatic nitrogens is 2. The zero-order valence-corrected chi connectivity index (χ0v) is 17.8. The molecule has 2 unspecified atom stereocenters. The topological polar surface area (TPSA) is 90.9 Å². The Hall–Kier alpha value is -2.32. The summed E-state index contributed by atoms with van der Waals surface area (Å²) in [6.07, 6.45) is 8.42. The lowest BCUT2D eigenvalue weighted by Gasteiger charge is -2.25. The van der Waals surface area contributed by atoms with Crippen molar-refractivity contribution in [2.45, 2.75) is 44.8 Å². The van der Waals surface area contributed by atoms with E-state index < -0.39 is 5.60 Å². The molecule has 1 aliphatic rings. The van der Waals surface area contributed by atoms with Gasteiger partial charge in [-0.25, -0.2) is 4.99 Å². The smallest absolute Gasteiger partial charge is 0.191 e. The van der Waals surface area contributed by atoms with Crippen molar-refractivity contribution in [2.75, 3.05) is 32.7 Å². The van der Waals surface area contributed by atoms with Crippen LogP contribution in [0.15, 0.2) is 40.2 Å². The van der Waals surface area contributed by atoms with E-state index in [0.717, 1.165) is 37.4 Å². The van der Waals surface area contributed by atoms with Gasteiger partial charge in [0.25, 0.3) is 0 Å². The maximum atomic E-state index is 10.8. The number of nitrogens with one attached hydrogen (secondary N) is 2. The van der Waals surface area contributed by atoms with Gasteiger partial charge in [0.1, 0.15) is 11.4 Å². The summed E-state index contributed by atoms with van der Waals surface area (Å²) in [5.41, 5.74) is -0.321. The van der Waals surface area contributed by atoms with Crippen LogP contribution in [-0.2, 0) is 19.1 Å². The molecule has 0 amide bonds. The highest BCUT2D eigenvalue weighted by atomic mass is 16.3. The standard InChI is InChI=1S/C21H34N6O2/c1-4-27-11-5-7-18(27)14-23-20(22-10-9-19-8-6-12-29-19)24-16-21(2,28)17-13-25-26(3)15-17/h6,8,12-13,15,18,28H,4-5,7,9-11,14,16H2,1-3H3,(H2,22,23,24). The van der Waals surface area contributed by atoms with E-state index >= 15 is 0 Å². The lowest BCUT2D eigenvalue weighted by Crippen LogP contribution is -2.46. The number of guanidine groups is 1. The van der Waals surface area contributed by atoms with Crippen LogP contribution in [0.1, 0.15) is 38.0 Å². The van der Waals surface area contributed by atoms with Crippen LogP contribution in [-0.4, -0.2) is 64.5 Å².